The summed E-state index contributed by atoms with van der Waals surface area (Å²) in [5.74, 6) is 0.155. The van der Waals surface area contributed by atoms with Crippen molar-refractivity contribution in [2.24, 2.45) is 11.5 Å². The number of nitrogens with two attached hydrogens (primary N) is 2. The topological polar surface area (TPSA) is 69.1 Å². The molecule has 0 aliphatic rings. The van der Waals surface area contributed by atoms with Crippen LogP contribution in [0.15, 0.2) is 18.2 Å². The predicted molar refractivity (Wildman–Crippen MR) is 56.6 cm³/mol. The number of benzene rings is 1. The average molecular weight is 192 g/mol. The van der Waals surface area contributed by atoms with Crippen molar-refractivity contribution >= 4 is 5.78 Å². The van der Waals surface area contributed by atoms with Crippen molar-refractivity contribution in [3.8, 4) is 0 Å². The number of carbonyl (C=O) groups excluding carboxylic acids is 1. The second-order valence-electron chi connectivity index (χ2n) is 3.44. The van der Waals surface area contributed by atoms with Crippen LogP contribution in [-0.4, -0.2) is 5.78 Å². The Morgan fingerprint density at radius 2 is 1.50 bits per heavy atom. The smallest absolute Gasteiger partial charge is 0.134 e. The Labute approximate surface area is 84.1 Å². The van der Waals surface area contributed by atoms with Crippen LogP contribution < -0.4 is 11.5 Å². The monoisotopic (exact) mass is 192 g/mol. The van der Waals surface area contributed by atoms with Gasteiger partial charge in [-0.05, 0) is 23.6 Å². The molecule has 76 valence electrons. The first-order chi connectivity index (χ1) is 6.65. The van der Waals surface area contributed by atoms with Gasteiger partial charge in [-0.3, -0.25) is 4.79 Å². The Kier molecular flexibility index (Phi) is 3.80. The van der Waals surface area contributed by atoms with Gasteiger partial charge in [-0.2, -0.15) is 0 Å². The van der Waals surface area contributed by atoms with Crippen LogP contribution >= 0.6 is 0 Å². The van der Waals surface area contributed by atoms with E-state index in [-0.39, 0.29) is 5.78 Å². The summed E-state index contributed by atoms with van der Waals surface area (Å²) in [6.45, 7) is 2.55. The molecule has 0 bridgehead atoms. The van der Waals surface area contributed by atoms with Crippen molar-refractivity contribution < 1.29 is 4.79 Å². The highest BCUT2D eigenvalue weighted by Crippen LogP contribution is 2.10. The van der Waals surface area contributed by atoms with Crippen LogP contribution in [0.4, 0.5) is 0 Å². The fourth-order valence-electron chi connectivity index (χ4n) is 1.46. The van der Waals surface area contributed by atoms with Gasteiger partial charge in [0.05, 0.1) is 0 Å². The molecule has 0 heterocycles. The van der Waals surface area contributed by atoms with Gasteiger partial charge >= 0.3 is 0 Å². The number of hydrogen-bond donors (Lipinski definition) is 2. The lowest BCUT2D eigenvalue weighted by Gasteiger charge is -2.05. The van der Waals surface area contributed by atoms with Crippen LogP contribution in [0.25, 0.3) is 0 Å². The first kappa shape index (κ1) is 10.9. The van der Waals surface area contributed by atoms with E-state index in [2.05, 4.69) is 0 Å². The molecule has 3 nitrogen and oxygen atoms in total. The average Bonchev–Trinajstić information content (AvgIpc) is 2.16. The second-order valence-corrected chi connectivity index (χ2v) is 3.44. The SMILES string of the molecule is CC(=O)Cc1cc(CN)cc(CN)c1. The van der Waals surface area contributed by atoms with E-state index in [0.717, 1.165) is 16.7 Å². The van der Waals surface area contributed by atoms with Crippen LogP contribution in [0.1, 0.15) is 23.6 Å². The molecule has 0 saturated heterocycles. The lowest BCUT2D eigenvalue weighted by atomic mass is 10.0. The van der Waals surface area contributed by atoms with Crippen LogP contribution in [-0.2, 0) is 24.3 Å². The van der Waals surface area contributed by atoms with Gasteiger partial charge in [-0.25, -0.2) is 0 Å². The minimum Gasteiger partial charge on any atom is -0.326 e. The summed E-state index contributed by atoms with van der Waals surface area (Å²) in [5, 5.41) is 0. The zero-order valence-electron chi connectivity index (χ0n) is 8.42. The van der Waals surface area contributed by atoms with Crippen LogP contribution in [0, 0.1) is 0 Å². The number of hydrogen-bond acceptors (Lipinski definition) is 3. The van der Waals surface area contributed by atoms with E-state index in [4.69, 9.17) is 11.5 Å². The minimum atomic E-state index is 0.155. The molecule has 0 atom stereocenters. The maximum absolute atomic E-state index is 10.9. The van der Waals surface area contributed by atoms with Gasteiger partial charge < -0.3 is 11.5 Å². The van der Waals surface area contributed by atoms with Crippen molar-refractivity contribution in [2.75, 3.05) is 0 Å². The molecule has 0 aliphatic carbocycles. The molecular formula is C11H16N2O. The van der Waals surface area contributed by atoms with E-state index in [1.165, 1.54) is 0 Å². The largest absolute Gasteiger partial charge is 0.326 e. The van der Waals surface area contributed by atoms with E-state index >= 15 is 0 Å². The quantitative estimate of drug-likeness (QED) is 0.739. The summed E-state index contributed by atoms with van der Waals surface area (Å²) < 4.78 is 0. The lowest BCUT2D eigenvalue weighted by molar-refractivity contribution is -0.116. The highest BCUT2D eigenvalue weighted by atomic mass is 16.1. The molecular weight excluding hydrogens is 176 g/mol. The molecule has 1 aromatic carbocycles. The van der Waals surface area contributed by atoms with Gasteiger partial charge in [-0.15, -0.1) is 0 Å². The van der Waals surface area contributed by atoms with Gasteiger partial charge in [0.15, 0.2) is 0 Å². The fraction of sp³-hybridized carbons (Fsp3) is 0.364. The summed E-state index contributed by atoms with van der Waals surface area (Å²) >= 11 is 0. The maximum atomic E-state index is 10.9. The first-order valence-corrected chi connectivity index (χ1v) is 4.67. The molecule has 4 N–H and O–H groups in total. The van der Waals surface area contributed by atoms with Crippen molar-refractivity contribution in [1.29, 1.82) is 0 Å². The number of ketones is 1. The second kappa shape index (κ2) is 4.88. The van der Waals surface area contributed by atoms with Crippen molar-refractivity contribution in [2.45, 2.75) is 26.4 Å². The van der Waals surface area contributed by atoms with Gasteiger partial charge in [-0.1, -0.05) is 18.2 Å². The van der Waals surface area contributed by atoms with Gasteiger partial charge in [0.2, 0.25) is 0 Å². The Morgan fingerprint density at radius 1 is 1.07 bits per heavy atom. The molecule has 0 fully saturated rings. The molecule has 0 aromatic heterocycles. The van der Waals surface area contributed by atoms with Gasteiger partial charge in [0.1, 0.15) is 5.78 Å². The van der Waals surface area contributed by atoms with Crippen molar-refractivity contribution in [3.63, 3.8) is 0 Å². The van der Waals surface area contributed by atoms with Crippen LogP contribution in [0.5, 0.6) is 0 Å². The predicted octanol–water partition coefficient (Wildman–Crippen LogP) is 0.736. The standard InChI is InChI=1S/C11H16N2O/c1-8(14)2-9-3-10(6-12)5-11(4-9)7-13/h3-5H,2,6-7,12-13H2,1H3. The molecule has 0 amide bonds. The highest BCUT2D eigenvalue weighted by molar-refractivity contribution is 5.78. The molecule has 1 rings (SSSR count). The summed E-state index contributed by atoms with van der Waals surface area (Å²) in [4.78, 5) is 10.9. The van der Waals surface area contributed by atoms with E-state index in [1.54, 1.807) is 6.92 Å². The zero-order chi connectivity index (χ0) is 10.6. The first-order valence-electron chi connectivity index (χ1n) is 4.67. The Morgan fingerprint density at radius 3 is 1.86 bits per heavy atom. The molecule has 0 saturated carbocycles. The number of carbonyl (C=O) groups is 1. The summed E-state index contributed by atoms with van der Waals surface area (Å²) in [7, 11) is 0. The van der Waals surface area contributed by atoms with E-state index < -0.39 is 0 Å². The molecule has 0 spiro atoms. The molecule has 14 heavy (non-hydrogen) atoms. The van der Waals surface area contributed by atoms with E-state index in [0.29, 0.717) is 19.5 Å². The summed E-state index contributed by atoms with van der Waals surface area (Å²) in [6, 6.07) is 5.89. The van der Waals surface area contributed by atoms with Crippen molar-refractivity contribution in [3.05, 3.63) is 34.9 Å². The van der Waals surface area contributed by atoms with E-state index in [9.17, 15) is 4.79 Å². The molecule has 1 aromatic rings. The third-order valence-corrected chi connectivity index (χ3v) is 2.04. The van der Waals surface area contributed by atoms with Crippen molar-refractivity contribution in [1.82, 2.24) is 0 Å². The van der Waals surface area contributed by atoms with Crippen LogP contribution in [0.2, 0.25) is 0 Å². The third kappa shape index (κ3) is 2.94. The minimum absolute atomic E-state index is 0.155. The Bertz CT molecular complexity index is 312. The molecule has 3 heteroatoms. The van der Waals surface area contributed by atoms with E-state index in [1.807, 2.05) is 18.2 Å². The van der Waals surface area contributed by atoms with Gasteiger partial charge in [0, 0.05) is 19.5 Å². The van der Waals surface area contributed by atoms with Gasteiger partial charge in [0.25, 0.3) is 0 Å². The van der Waals surface area contributed by atoms with Crippen LogP contribution in [0.3, 0.4) is 0 Å². The normalized spacial score (nSPS) is 10.2. The fourth-order valence-corrected chi connectivity index (χ4v) is 1.46. The highest BCUT2D eigenvalue weighted by Gasteiger charge is 2.01. The zero-order valence-corrected chi connectivity index (χ0v) is 8.42. The number of Topliss-reactive ketones (excluding diaryl/α,β-unsaturated/α-hetero) is 1. The molecule has 0 aliphatic heterocycles. The number of rotatable bonds is 4. The third-order valence-electron chi connectivity index (χ3n) is 2.04. The summed E-state index contributed by atoms with van der Waals surface area (Å²) in [6.07, 6.45) is 0.459. The Balaban J connectivity index is 2.98. The maximum Gasteiger partial charge on any atom is 0.134 e. The lowest BCUT2D eigenvalue weighted by Crippen LogP contribution is -2.05. The summed E-state index contributed by atoms with van der Waals surface area (Å²) in [5.41, 5.74) is 14.2. The molecule has 0 radical (unpaired) electrons. The molecule has 0 unspecified atom stereocenters. The Hall–Kier alpha value is -1.19.